The molecule has 1 aromatic heterocycles. The van der Waals surface area contributed by atoms with Gasteiger partial charge in [-0.05, 0) is 56.0 Å². The Labute approximate surface area is 228 Å². The van der Waals surface area contributed by atoms with Gasteiger partial charge in [-0.15, -0.1) is 0 Å². The molecule has 1 unspecified atom stereocenters. The fourth-order valence-corrected chi connectivity index (χ4v) is 5.26. The Bertz CT molecular complexity index is 1170. The molecular weight excluding hydrogens is 500 g/mol. The highest BCUT2D eigenvalue weighted by molar-refractivity contribution is 5.88. The van der Waals surface area contributed by atoms with E-state index in [1.165, 1.54) is 15.0 Å². The molecule has 1 atom stereocenters. The molecule has 39 heavy (non-hydrogen) atoms. The van der Waals surface area contributed by atoms with Gasteiger partial charge in [0.15, 0.2) is 0 Å². The third-order valence-electron chi connectivity index (χ3n) is 7.70. The number of aliphatic hydroxyl groups is 1. The van der Waals surface area contributed by atoms with Gasteiger partial charge in [-0.3, -0.25) is 19.6 Å². The molecule has 4 rings (SSSR count). The number of urea groups is 1. The van der Waals surface area contributed by atoms with Crippen molar-refractivity contribution in [3.8, 4) is 5.69 Å². The Morgan fingerprint density at radius 1 is 1.08 bits per heavy atom. The van der Waals surface area contributed by atoms with Gasteiger partial charge in [-0.25, -0.2) is 9.59 Å². The molecule has 0 spiro atoms. The number of hydrogen-bond donors (Lipinski definition) is 4. The van der Waals surface area contributed by atoms with Crippen LogP contribution in [0.25, 0.3) is 5.69 Å². The maximum Gasteiger partial charge on any atom is 0.354 e. The number of nitrogens with two attached hydrogens (primary N) is 2. The maximum atomic E-state index is 12.7. The van der Waals surface area contributed by atoms with Gasteiger partial charge in [0.1, 0.15) is 11.9 Å². The first-order valence-corrected chi connectivity index (χ1v) is 13.7. The highest BCUT2D eigenvalue weighted by Crippen LogP contribution is 2.24. The summed E-state index contributed by atoms with van der Waals surface area (Å²) < 4.78 is 1.44. The molecule has 1 aliphatic heterocycles. The molecule has 12 heteroatoms. The molecule has 212 valence electrons. The second kappa shape index (κ2) is 13.2. The Balaban J connectivity index is 1.32. The Kier molecular flexibility index (Phi) is 9.68. The summed E-state index contributed by atoms with van der Waals surface area (Å²) in [5.41, 5.74) is 13.0. The molecule has 12 nitrogen and oxygen atoms in total. The number of aliphatic hydroxyl groups excluding tert-OH is 1. The van der Waals surface area contributed by atoms with E-state index in [4.69, 9.17) is 16.6 Å². The minimum atomic E-state index is -0.954. The molecule has 1 aromatic carbocycles. The number of rotatable bonds is 8. The molecule has 2 heterocycles. The monoisotopic (exact) mass is 540 g/mol. The van der Waals surface area contributed by atoms with E-state index in [1.807, 2.05) is 24.3 Å². The van der Waals surface area contributed by atoms with Crippen molar-refractivity contribution < 1.29 is 14.7 Å². The molecule has 6 N–H and O–H groups in total. The van der Waals surface area contributed by atoms with Crippen molar-refractivity contribution >= 4 is 17.8 Å². The van der Waals surface area contributed by atoms with E-state index in [-0.39, 0.29) is 11.7 Å². The van der Waals surface area contributed by atoms with Crippen molar-refractivity contribution in [1.82, 2.24) is 24.3 Å². The van der Waals surface area contributed by atoms with Crippen molar-refractivity contribution in [1.29, 1.82) is 0 Å². The molecular formula is C27H40N8O4. The zero-order valence-corrected chi connectivity index (χ0v) is 22.5. The van der Waals surface area contributed by atoms with Crippen molar-refractivity contribution in [2.75, 3.05) is 44.6 Å². The van der Waals surface area contributed by atoms with E-state index in [1.54, 1.807) is 17.2 Å². The summed E-state index contributed by atoms with van der Waals surface area (Å²) in [6, 6.07) is 9.00. The predicted octanol–water partition coefficient (Wildman–Crippen LogP) is 0.320. The Hall–Kier alpha value is -3.32. The van der Waals surface area contributed by atoms with Gasteiger partial charge in [0.05, 0.1) is 12.3 Å². The molecule has 0 bridgehead atoms. The van der Waals surface area contributed by atoms with E-state index in [2.05, 4.69) is 22.1 Å². The molecule has 2 fully saturated rings. The van der Waals surface area contributed by atoms with Crippen LogP contribution in [-0.2, 0) is 11.3 Å². The van der Waals surface area contributed by atoms with Crippen molar-refractivity contribution in [3.05, 3.63) is 52.6 Å². The topological polar surface area (TPSA) is 163 Å². The molecule has 1 aliphatic carbocycles. The highest BCUT2D eigenvalue weighted by Gasteiger charge is 2.27. The predicted molar refractivity (Wildman–Crippen MR) is 148 cm³/mol. The first-order chi connectivity index (χ1) is 18.8. The largest absolute Gasteiger partial charge is 0.394 e. The first kappa shape index (κ1) is 28.7. The summed E-state index contributed by atoms with van der Waals surface area (Å²) in [6.45, 7) is 4.84. The normalized spacial score (nSPS) is 20.6. The molecule has 0 radical (unpaired) electrons. The molecule has 1 saturated heterocycles. The van der Waals surface area contributed by atoms with Crippen LogP contribution < -0.4 is 22.5 Å². The van der Waals surface area contributed by atoms with Crippen LogP contribution in [0.5, 0.6) is 0 Å². The van der Waals surface area contributed by atoms with E-state index in [0.717, 1.165) is 38.8 Å². The summed E-state index contributed by atoms with van der Waals surface area (Å²) in [5.74, 6) is -0.183. The quantitative estimate of drug-likeness (QED) is 0.372. The maximum absolute atomic E-state index is 12.7. The number of carbonyl (C=O) groups is 2. The van der Waals surface area contributed by atoms with Crippen LogP contribution >= 0.6 is 0 Å². The minimum absolute atomic E-state index is 0.157. The van der Waals surface area contributed by atoms with Gasteiger partial charge in [0.2, 0.25) is 5.91 Å². The summed E-state index contributed by atoms with van der Waals surface area (Å²) in [7, 11) is 0. The average Bonchev–Trinajstić information content (AvgIpc) is 2.96. The number of carbonyl (C=O) groups excluding carboxylic acids is 2. The standard InChI is InChI=1S/C27H40N8O4/c1-2-32(21-9-5-20(28)6-10-21)17-19-3-7-22(8-4-19)35-12-11-24(31-27(35)39)30-26(38)34-15-13-33(14-16-34)25(37)23(29)18-36/h3-4,7-8,11-12,20-21,23,36H,2,5-6,9-10,13-18,28-29H2,1H3,(H,30,31,38,39). The first-order valence-electron chi connectivity index (χ1n) is 13.7. The second-order valence-corrected chi connectivity index (χ2v) is 10.3. The molecule has 1 saturated carbocycles. The lowest BCUT2D eigenvalue weighted by atomic mass is 9.90. The van der Waals surface area contributed by atoms with Crippen molar-refractivity contribution in [2.45, 2.75) is 57.3 Å². The number of amides is 3. The van der Waals surface area contributed by atoms with Crippen molar-refractivity contribution in [2.24, 2.45) is 11.5 Å². The number of nitrogens with zero attached hydrogens (tertiary/aromatic N) is 5. The summed E-state index contributed by atoms with van der Waals surface area (Å²) in [5, 5.41) is 11.7. The van der Waals surface area contributed by atoms with Gasteiger partial charge in [-0.1, -0.05) is 19.1 Å². The number of nitrogens with one attached hydrogen (secondary N) is 1. The van der Waals surface area contributed by atoms with E-state index in [9.17, 15) is 14.4 Å². The Morgan fingerprint density at radius 2 is 1.72 bits per heavy atom. The van der Waals surface area contributed by atoms with Gasteiger partial charge >= 0.3 is 11.7 Å². The number of aromatic nitrogens is 2. The Morgan fingerprint density at radius 3 is 2.31 bits per heavy atom. The number of piperazine rings is 1. The molecule has 3 amide bonds. The second-order valence-electron chi connectivity index (χ2n) is 10.3. The lowest BCUT2D eigenvalue weighted by Gasteiger charge is -2.35. The molecule has 2 aromatic rings. The van der Waals surface area contributed by atoms with Crippen LogP contribution in [0.1, 0.15) is 38.2 Å². The number of benzene rings is 1. The van der Waals surface area contributed by atoms with Crippen LogP contribution in [0, 0.1) is 0 Å². The van der Waals surface area contributed by atoms with Gasteiger partial charge in [-0.2, -0.15) is 4.98 Å². The smallest absolute Gasteiger partial charge is 0.354 e. The van der Waals surface area contributed by atoms with E-state index in [0.29, 0.717) is 44.0 Å². The van der Waals surface area contributed by atoms with Gasteiger partial charge < -0.3 is 26.4 Å². The third kappa shape index (κ3) is 7.21. The summed E-state index contributed by atoms with van der Waals surface area (Å²) >= 11 is 0. The fourth-order valence-electron chi connectivity index (χ4n) is 5.26. The minimum Gasteiger partial charge on any atom is -0.394 e. The average molecular weight is 541 g/mol. The van der Waals surface area contributed by atoms with Crippen LogP contribution in [0.3, 0.4) is 0 Å². The van der Waals surface area contributed by atoms with E-state index < -0.39 is 24.4 Å². The SMILES string of the molecule is CCN(Cc1ccc(-n2ccc(NC(=O)N3CCN(C(=O)C(N)CO)CC3)nc2=O)cc1)C1CCC(N)CC1. The van der Waals surface area contributed by atoms with Crippen LogP contribution in [0.15, 0.2) is 41.3 Å². The van der Waals surface area contributed by atoms with Gasteiger partial charge in [0.25, 0.3) is 0 Å². The zero-order valence-electron chi connectivity index (χ0n) is 22.5. The zero-order chi connectivity index (χ0) is 27.9. The van der Waals surface area contributed by atoms with Crippen LogP contribution in [-0.4, -0.2) is 98.8 Å². The van der Waals surface area contributed by atoms with Crippen molar-refractivity contribution in [3.63, 3.8) is 0 Å². The fraction of sp³-hybridized carbons (Fsp3) is 0.556. The third-order valence-corrected chi connectivity index (χ3v) is 7.70. The lowest BCUT2D eigenvalue weighted by Crippen LogP contribution is -2.55. The number of anilines is 1. The van der Waals surface area contributed by atoms with E-state index >= 15 is 0 Å². The van der Waals surface area contributed by atoms with Crippen LogP contribution in [0.2, 0.25) is 0 Å². The molecule has 2 aliphatic rings. The summed E-state index contributed by atoms with van der Waals surface area (Å²) in [6.07, 6.45) is 6.00. The highest BCUT2D eigenvalue weighted by atomic mass is 16.3. The number of hydrogen-bond acceptors (Lipinski definition) is 8. The van der Waals surface area contributed by atoms with Crippen LogP contribution in [0.4, 0.5) is 10.6 Å². The summed E-state index contributed by atoms with van der Waals surface area (Å²) in [4.78, 5) is 47.1. The van der Waals surface area contributed by atoms with Gasteiger partial charge in [0, 0.05) is 51.0 Å². The lowest BCUT2D eigenvalue weighted by molar-refractivity contribution is -0.134.